The number of rotatable bonds is 7. The van der Waals surface area contributed by atoms with Crippen LogP contribution in [0.4, 0.5) is 0 Å². The number of hydrogen-bond acceptors (Lipinski definition) is 4. The third-order valence-corrected chi connectivity index (χ3v) is 5.20. The fraction of sp³-hybridized carbons (Fsp3) is 0.571. The van der Waals surface area contributed by atoms with E-state index in [2.05, 4.69) is 5.32 Å². The number of nitrogens with zero attached hydrogens (tertiary/aromatic N) is 2. The van der Waals surface area contributed by atoms with Gasteiger partial charge in [-0.05, 0) is 18.9 Å². The van der Waals surface area contributed by atoms with Crippen LogP contribution in [-0.4, -0.2) is 43.3 Å². The van der Waals surface area contributed by atoms with E-state index in [-0.39, 0.29) is 23.4 Å². The molecule has 22 heavy (non-hydrogen) atoms. The summed E-state index contributed by atoms with van der Waals surface area (Å²) in [7, 11) is -0.828. The zero-order valence-corrected chi connectivity index (χ0v) is 14.2. The summed E-state index contributed by atoms with van der Waals surface area (Å²) in [5.74, 6) is -0.310. The third kappa shape index (κ3) is 4.41. The topological polar surface area (TPSA) is 88.5 Å². The Balaban J connectivity index is 3.02. The van der Waals surface area contributed by atoms with Gasteiger partial charge < -0.3 is 9.88 Å². The van der Waals surface area contributed by atoms with Gasteiger partial charge in [-0.25, -0.2) is 12.7 Å². The lowest BCUT2D eigenvalue weighted by Gasteiger charge is -2.16. The first-order valence-corrected chi connectivity index (χ1v) is 8.58. The standard InChI is InChI=1S/C14H23N3O4S/c1-5-11(6-2)15-13(18)10-17-9-12(7-8-14(17)19)22(20,21)16(3)4/h7-9,11H,5-6,10H2,1-4H3,(H,15,18). The summed E-state index contributed by atoms with van der Waals surface area (Å²) in [5.41, 5.74) is -0.419. The predicted octanol–water partition coefficient (Wildman–Crippen LogP) is 0.403. The average Bonchev–Trinajstić information content (AvgIpc) is 2.46. The zero-order valence-electron chi connectivity index (χ0n) is 13.4. The van der Waals surface area contributed by atoms with Crippen molar-refractivity contribution in [2.24, 2.45) is 0 Å². The molecule has 1 rings (SSSR count). The van der Waals surface area contributed by atoms with Gasteiger partial charge in [0.15, 0.2) is 0 Å². The number of carbonyl (C=O) groups excluding carboxylic acids is 1. The summed E-state index contributed by atoms with van der Waals surface area (Å²) < 4.78 is 26.3. The first-order valence-electron chi connectivity index (χ1n) is 7.14. The second-order valence-electron chi connectivity index (χ2n) is 5.20. The first kappa shape index (κ1) is 18.4. The molecule has 0 bridgehead atoms. The lowest BCUT2D eigenvalue weighted by atomic mass is 10.2. The fourth-order valence-corrected chi connectivity index (χ4v) is 2.84. The minimum Gasteiger partial charge on any atom is -0.352 e. The Kier molecular flexibility index (Phi) is 6.31. The molecule has 0 aliphatic rings. The quantitative estimate of drug-likeness (QED) is 0.784. The van der Waals surface area contributed by atoms with Gasteiger partial charge >= 0.3 is 0 Å². The van der Waals surface area contributed by atoms with Crippen LogP contribution in [0.1, 0.15) is 26.7 Å². The van der Waals surface area contributed by atoms with Gasteiger partial charge in [0.2, 0.25) is 15.9 Å². The summed E-state index contributed by atoms with van der Waals surface area (Å²) >= 11 is 0. The molecule has 0 radical (unpaired) electrons. The summed E-state index contributed by atoms with van der Waals surface area (Å²) in [6, 6.07) is 2.45. The highest BCUT2D eigenvalue weighted by Crippen LogP contribution is 2.10. The van der Waals surface area contributed by atoms with Gasteiger partial charge in [0.05, 0.1) is 4.90 Å². The highest BCUT2D eigenvalue weighted by atomic mass is 32.2. The summed E-state index contributed by atoms with van der Waals surface area (Å²) in [6.07, 6.45) is 2.79. The normalized spacial score (nSPS) is 11.9. The van der Waals surface area contributed by atoms with Crippen molar-refractivity contribution in [1.29, 1.82) is 0 Å². The Hall–Kier alpha value is -1.67. The van der Waals surface area contributed by atoms with E-state index in [1.54, 1.807) is 0 Å². The number of nitrogens with one attached hydrogen (secondary N) is 1. The maximum atomic E-state index is 12.1. The summed E-state index contributed by atoms with van der Waals surface area (Å²) in [6.45, 7) is 3.72. The smallest absolute Gasteiger partial charge is 0.251 e. The van der Waals surface area contributed by atoms with Gasteiger partial charge in [0.25, 0.3) is 5.56 Å². The third-order valence-electron chi connectivity index (χ3n) is 3.40. The van der Waals surface area contributed by atoms with Crippen LogP contribution in [0.2, 0.25) is 0 Å². The van der Waals surface area contributed by atoms with Crippen molar-refractivity contribution < 1.29 is 13.2 Å². The van der Waals surface area contributed by atoms with Crippen LogP contribution in [0.5, 0.6) is 0 Å². The van der Waals surface area contributed by atoms with Gasteiger partial charge in [-0.2, -0.15) is 0 Å². The molecule has 0 fully saturated rings. The van der Waals surface area contributed by atoms with Gasteiger partial charge in [-0.15, -0.1) is 0 Å². The van der Waals surface area contributed by atoms with Crippen LogP contribution in [0.25, 0.3) is 0 Å². The second kappa shape index (κ2) is 7.55. The fourth-order valence-electron chi connectivity index (χ4n) is 1.92. The van der Waals surface area contributed by atoms with Crippen molar-refractivity contribution in [3.8, 4) is 0 Å². The Morgan fingerprint density at radius 2 is 1.86 bits per heavy atom. The maximum Gasteiger partial charge on any atom is 0.251 e. The number of sulfonamides is 1. The molecule has 124 valence electrons. The number of hydrogen-bond donors (Lipinski definition) is 1. The van der Waals surface area contributed by atoms with Crippen LogP contribution in [0.15, 0.2) is 28.0 Å². The second-order valence-corrected chi connectivity index (χ2v) is 7.35. The van der Waals surface area contributed by atoms with Gasteiger partial charge in [-0.3, -0.25) is 9.59 Å². The first-order chi connectivity index (χ1) is 10.2. The molecule has 0 spiro atoms. The number of pyridine rings is 1. The van der Waals surface area contributed by atoms with Crippen molar-refractivity contribution in [3.63, 3.8) is 0 Å². The van der Waals surface area contributed by atoms with Crippen LogP contribution in [0, 0.1) is 0 Å². The minimum atomic E-state index is -3.64. The largest absolute Gasteiger partial charge is 0.352 e. The molecule has 1 heterocycles. The van der Waals surface area contributed by atoms with Crippen LogP contribution in [0.3, 0.4) is 0 Å². The van der Waals surface area contributed by atoms with E-state index in [1.807, 2.05) is 13.8 Å². The Bertz CT molecular complexity index is 676. The molecule has 0 aromatic carbocycles. The summed E-state index contributed by atoms with van der Waals surface area (Å²) in [5, 5.41) is 2.81. The van der Waals surface area contributed by atoms with Crippen molar-refractivity contribution >= 4 is 15.9 Å². The maximum absolute atomic E-state index is 12.1. The molecule has 0 unspecified atom stereocenters. The Labute approximate surface area is 131 Å². The van der Waals surface area contributed by atoms with E-state index < -0.39 is 15.6 Å². The van der Waals surface area contributed by atoms with Gasteiger partial charge in [0, 0.05) is 32.4 Å². The van der Waals surface area contributed by atoms with E-state index in [9.17, 15) is 18.0 Å². The molecule has 0 saturated heterocycles. The zero-order chi connectivity index (χ0) is 16.9. The van der Waals surface area contributed by atoms with E-state index in [1.165, 1.54) is 26.4 Å². The number of aromatic nitrogens is 1. The molecule has 0 aliphatic carbocycles. The average molecular weight is 329 g/mol. The highest BCUT2D eigenvalue weighted by molar-refractivity contribution is 7.89. The lowest BCUT2D eigenvalue weighted by molar-refractivity contribution is -0.122. The monoisotopic (exact) mass is 329 g/mol. The number of carbonyl (C=O) groups is 1. The predicted molar refractivity (Wildman–Crippen MR) is 84.1 cm³/mol. The van der Waals surface area contributed by atoms with Crippen molar-refractivity contribution in [2.75, 3.05) is 14.1 Å². The van der Waals surface area contributed by atoms with E-state index >= 15 is 0 Å². The van der Waals surface area contributed by atoms with Gasteiger partial charge in [-0.1, -0.05) is 13.8 Å². The lowest BCUT2D eigenvalue weighted by Crippen LogP contribution is -2.38. The molecule has 0 atom stereocenters. The van der Waals surface area contributed by atoms with Crippen molar-refractivity contribution in [3.05, 3.63) is 28.7 Å². The molecule has 8 heteroatoms. The van der Waals surface area contributed by atoms with Crippen LogP contribution in [-0.2, 0) is 21.4 Å². The van der Waals surface area contributed by atoms with Gasteiger partial charge in [0.1, 0.15) is 6.54 Å². The molecule has 1 N–H and O–H groups in total. The van der Waals surface area contributed by atoms with Crippen molar-refractivity contribution in [1.82, 2.24) is 14.2 Å². The Morgan fingerprint density at radius 1 is 1.27 bits per heavy atom. The molecular weight excluding hydrogens is 306 g/mol. The molecule has 1 amide bonds. The van der Waals surface area contributed by atoms with E-state index in [4.69, 9.17) is 0 Å². The molecule has 0 aliphatic heterocycles. The summed E-state index contributed by atoms with van der Waals surface area (Å²) in [4.78, 5) is 23.7. The molecule has 7 nitrogen and oxygen atoms in total. The van der Waals surface area contributed by atoms with E-state index in [0.29, 0.717) is 0 Å². The SMILES string of the molecule is CCC(CC)NC(=O)Cn1cc(S(=O)(=O)N(C)C)ccc1=O. The molecule has 0 saturated carbocycles. The van der Waals surface area contributed by atoms with Crippen LogP contribution >= 0.6 is 0 Å². The number of amides is 1. The van der Waals surface area contributed by atoms with E-state index in [0.717, 1.165) is 27.8 Å². The Morgan fingerprint density at radius 3 is 2.36 bits per heavy atom. The minimum absolute atomic E-state index is 0.0209. The molecule has 1 aromatic heterocycles. The molecular formula is C14H23N3O4S. The molecule has 1 aromatic rings. The highest BCUT2D eigenvalue weighted by Gasteiger charge is 2.19. The van der Waals surface area contributed by atoms with Crippen LogP contribution < -0.4 is 10.9 Å². The van der Waals surface area contributed by atoms with Crippen molar-refractivity contribution in [2.45, 2.75) is 44.2 Å².